The van der Waals surface area contributed by atoms with Gasteiger partial charge in [0.2, 0.25) is 0 Å². The number of carbonyl (C=O) groups is 1. The molecule has 4 aromatic rings. The number of H-pyrrole nitrogens is 1. The smallest absolute Gasteiger partial charge is 0.319 e. The highest BCUT2D eigenvalue weighted by Crippen LogP contribution is 2.19. The van der Waals surface area contributed by atoms with E-state index in [-0.39, 0.29) is 18.0 Å². The Morgan fingerprint density at radius 2 is 1.97 bits per heavy atom. The zero-order chi connectivity index (χ0) is 20.4. The summed E-state index contributed by atoms with van der Waals surface area (Å²) in [6.07, 6.45) is 3.35. The number of rotatable bonds is 5. The highest BCUT2D eigenvalue weighted by Gasteiger charge is 2.22. The van der Waals surface area contributed by atoms with Crippen molar-refractivity contribution in [1.29, 1.82) is 0 Å². The molecule has 0 radical (unpaired) electrons. The fraction of sp³-hybridized carbons (Fsp3) is 0.250. The fourth-order valence-corrected chi connectivity index (χ4v) is 3.08. The summed E-state index contributed by atoms with van der Waals surface area (Å²) in [5.74, 6) is 2.12. The number of aromatic nitrogens is 6. The first-order chi connectivity index (χ1) is 14.0. The molecule has 3 heterocycles. The number of urea groups is 1. The zero-order valence-corrected chi connectivity index (χ0v) is 16.4. The van der Waals surface area contributed by atoms with Gasteiger partial charge in [-0.2, -0.15) is 5.10 Å². The van der Waals surface area contributed by atoms with Crippen LogP contribution in [0.4, 0.5) is 10.5 Å². The number of pyridine rings is 1. The number of hydrogen-bond acceptors (Lipinski definition) is 5. The van der Waals surface area contributed by atoms with Crippen molar-refractivity contribution < 1.29 is 4.79 Å². The van der Waals surface area contributed by atoms with Gasteiger partial charge >= 0.3 is 6.03 Å². The molecular formula is C20H22N8O. The number of amides is 2. The second-order valence-corrected chi connectivity index (χ2v) is 7.11. The first-order valence-corrected chi connectivity index (χ1v) is 9.36. The number of para-hydroxylation sites is 2. The van der Waals surface area contributed by atoms with Crippen LogP contribution in [0.1, 0.15) is 31.5 Å². The van der Waals surface area contributed by atoms with Crippen molar-refractivity contribution in [1.82, 2.24) is 35.0 Å². The molecule has 0 aliphatic heterocycles. The number of hydrogen-bond donors (Lipinski definition) is 3. The van der Waals surface area contributed by atoms with E-state index in [0.717, 1.165) is 16.9 Å². The second-order valence-electron chi connectivity index (χ2n) is 7.11. The average molecular weight is 390 g/mol. The minimum atomic E-state index is -0.339. The number of carbonyl (C=O) groups excluding carboxylic acids is 1. The summed E-state index contributed by atoms with van der Waals surface area (Å²) >= 11 is 0. The lowest BCUT2D eigenvalue weighted by Crippen LogP contribution is -2.35. The first-order valence-electron chi connectivity index (χ1n) is 9.36. The lowest BCUT2D eigenvalue weighted by atomic mass is 10.0. The fourth-order valence-electron chi connectivity index (χ4n) is 3.08. The van der Waals surface area contributed by atoms with E-state index in [4.69, 9.17) is 0 Å². The van der Waals surface area contributed by atoms with E-state index in [0.29, 0.717) is 17.3 Å². The van der Waals surface area contributed by atoms with Gasteiger partial charge in [-0.3, -0.25) is 9.67 Å². The van der Waals surface area contributed by atoms with Crippen molar-refractivity contribution in [3.63, 3.8) is 0 Å². The van der Waals surface area contributed by atoms with Crippen molar-refractivity contribution in [2.45, 2.75) is 26.8 Å². The molecule has 0 aliphatic rings. The molecule has 0 aliphatic carbocycles. The molecule has 1 unspecified atom stereocenters. The number of nitrogens with one attached hydrogen (secondary N) is 3. The summed E-state index contributed by atoms with van der Waals surface area (Å²) in [6, 6.07) is 10.8. The quantitative estimate of drug-likeness (QED) is 0.483. The zero-order valence-electron chi connectivity index (χ0n) is 16.4. The standard InChI is InChI=1S/C20H22N8O/c1-12(2)18(19-23-13(3)26-27-19)25-20(29)24-14-8-9-17(21-10-14)28-11-22-15-6-4-5-7-16(15)28/h4-12,18H,1-3H3,(H,23,26,27)(H2,24,25,29). The van der Waals surface area contributed by atoms with Crippen LogP contribution < -0.4 is 10.6 Å². The Morgan fingerprint density at radius 1 is 1.14 bits per heavy atom. The minimum absolute atomic E-state index is 0.131. The molecule has 3 aromatic heterocycles. The Labute approximate surface area is 167 Å². The summed E-state index contributed by atoms with van der Waals surface area (Å²) in [5, 5.41) is 12.7. The summed E-state index contributed by atoms with van der Waals surface area (Å²) in [7, 11) is 0. The summed E-state index contributed by atoms with van der Waals surface area (Å²) in [6.45, 7) is 5.83. The normalized spacial score (nSPS) is 12.3. The van der Waals surface area contributed by atoms with Gasteiger partial charge in [0.1, 0.15) is 18.0 Å². The molecule has 0 fully saturated rings. The molecule has 3 N–H and O–H groups in total. The van der Waals surface area contributed by atoms with Gasteiger partial charge in [0.05, 0.1) is 29.0 Å². The predicted octanol–water partition coefficient (Wildman–Crippen LogP) is 3.37. The Kier molecular flexibility index (Phi) is 4.94. The van der Waals surface area contributed by atoms with Crippen LogP contribution in [0.5, 0.6) is 0 Å². The number of nitrogens with zero attached hydrogens (tertiary/aromatic N) is 5. The maximum absolute atomic E-state index is 12.5. The molecule has 29 heavy (non-hydrogen) atoms. The number of aromatic amines is 1. The van der Waals surface area contributed by atoms with Gasteiger partial charge in [0, 0.05) is 0 Å². The van der Waals surface area contributed by atoms with Gasteiger partial charge in [-0.05, 0) is 37.1 Å². The van der Waals surface area contributed by atoms with Crippen LogP contribution in [0.15, 0.2) is 48.9 Å². The monoisotopic (exact) mass is 390 g/mol. The van der Waals surface area contributed by atoms with Gasteiger partial charge in [0.25, 0.3) is 0 Å². The van der Waals surface area contributed by atoms with Crippen LogP contribution in [0.2, 0.25) is 0 Å². The van der Waals surface area contributed by atoms with Crippen LogP contribution in [-0.4, -0.2) is 35.7 Å². The number of anilines is 1. The maximum atomic E-state index is 12.5. The third-order valence-electron chi connectivity index (χ3n) is 4.55. The topological polar surface area (TPSA) is 113 Å². The summed E-state index contributed by atoms with van der Waals surface area (Å²) in [4.78, 5) is 25.6. The third-order valence-corrected chi connectivity index (χ3v) is 4.55. The molecule has 1 aromatic carbocycles. The van der Waals surface area contributed by atoms with Crippen LogP contribution in [0.25, 0.3) is 16.9 Å². The minimum Gasteiger partial charge on any atom is -0.328 e. The Hall–Kier alpha value is -3.75. The molecule has 0 saturated carbocycles. The van der Waals surface area contributed by atoms with Crippen molar-refractivity contribution in [3.05, 3.63) is 60.6 Å². The van der Waals surface area contributed by atoms with Crippen LogP contribution in [-0.2, 0) is 0 Å². The average Bonchev–Trinajstić information content (AvgIpc) is 3.33. The van der Waals surface area contributed by atoms with Gasteiger partial charge in [-0.1, -0.05) is 26.0 Å². The molecule has 0 spiro atoms. The van der Waals surface area contributed by atoms with Crippen LogP contribution in [0, 0.1) is 12.8 Å². The van der Waals surface area contributed by atoms with Gasteiger partial charge < -0.3 is 10.6 Å². The molecular weight excluding hydrogens is 368 g/mol. The SMILES string of the molecule is Cc1nc(C(NC(=O)Nc2ccc(-n3cnc4ccccc43)nc2)C(C)C)n[nH]1. The molecule has 148 valence electrons. The first kappa shape index (κ1) is 18.6. The van der Waals surface area contributed by atoms with Crippen molar-refractivity contribution >= 4 is 22.8 Å². The van der Waals surface area contributed by atoms with Crippen LogP contribution >= 0.6 is 0 Å². The van der Waals surface area contributed by atoms with E-state index >= 15 is 0 Å². The lowest BCUT2D eigenvalue weighted by molar-refractivity contribution is 0.244. The highest BCUT2D eigenvalue weighted by molar-refractivity contribution is 5.89. The van der Waals surface area contributed by atoms with Crippen molar-refractivity contribution in [3.8, 4) is 5.82 Å². The molecule has 9 heteroatoms. The molecule has 0 bridgehead atoms. The summed E-state index contributed by atoms with van der Waals surface area (Å²) < 4.78 is 1.90. The Bertz CT molecular complexity index is 1130. The number of imidazole rings is 1. The van der Waals surface area contributed by atoms with Crippen molar-refractivity contribution in [2.75, 3.05) is 5.32 Å². The van der Waals surface area contributed by atoms with E-state index < -0.39 is 0 Å². The number of fused-ring (bicyclic) bond motifs is 1. The second kappa shape index (κ2) is 7.70. The third kappa shape index (κ3) is 3.93. The number of benzene rings is 1. The van der Waals surface area contributed by atoms with E-state index in [1.807, 2.05) is 55.7 Å². The Balaban J connectivity index is 1.46. The van der Waals surface area contributed by atoms with E-state index in [1.54, 1.807) is 18.6 Å². The highest BCUT2D eigenvalue weighted by atomic mass is 16.2. The summed E-state index contributed by atoms with van der Waals surface area (Å²) in [5.41, 5.74) is 2.46. The van der Waals surface area contributed by atoms with Gasteiger partial charge in [-0.25, -0.2) is 19.7 Å². The molecule has 0 saturated heterocycles. The molecule has 9 nitrogen and oxygen atoms in total. The molecule has 4 rings (SSSR count). The Morgan fingerprint density at radius 3 is 2.66 bits per heavy atom. The van der Waals surface area contributed by atoms with E-state index in [9.17, 15) is 4.79 Å². The van der Waals surface area contributed by atoms with Crippen LogP contribution in [0.3, 0.4) is 0 Å². The number of aryl methyl sites for hydroxylation is 1. The molecule has 2 amide bonds. The largest absolute Gasteiger partial charge is 0.328 e. The van der Waals surface area contributed by atoms with Gasteiger partial charge in [0.15, 0.2) is 5.82 Å². The van der Waals surface area contributed by atoms with E-state index in [2.05, 4.69) is 35.8 Å². The predicted molar refractivity (Wildman–Crippen MR) is 110 cm³/mol. The van der Waals surface area contributed by atoms with Gasteiger partial charge in [-0.15, -0.1) is 0 Å². The van der Waals surface area contributed by atoms with E-state index in [1.165, 1.54) is 0 Å². The lowest BCUT2D eigenvalue weighted by Gasteiger charge is -2.19. The van der Waals surface area contributed by atoms with Crippen molar-refractivity contribution in [2.24, 2.45) is 5.92 Å². The maximum Gasteiger partial charge on any atom is 0.319 e. The molecule has 1 atom stereocenters.